The van der Waals surface area contributed by atoms with Crippen LogP contribution in [0.3, 0.4) is 0 Å². The molecule has 2 rings (SSSR count). The first-order valence-electron chi connectivity index (χ1n) is 6.44. The second-order valence-corrected chi connectivity index (χ2v) is 7.51. The van der Waals surface area contributed by atoms with Crippen molar-refractivity contribution in [1.82, 2.24) is 5.32 Å². The number of rotatable bonds is 6. The minimum atomic E-state index is -3.54. The number of nitrogens with zero attached hydrogens (tertiary/aromatic N) is 1. The largest absolute Gasteiger partial charge is 0.378 e. The average molecular weight is 325 g/mol. The summed E-state index contributed by atoms with van der Waals surface area (Å²) in [7, 11) is 2.12. The van der Waals surface area contributed by atoms with Crippen LogP contribution < -0.4 is 14.9 Å². The van der Waals surface area contributed by atoms with E-state index >= 15 is 0 Å². The Morgan fingerprint density at radius 1 is 1.24 bits per heavy atom. The van der Waals surface area contributed by atoms with Crippen molar-refractivity contribution < 1.29 is 8.42 Å². The first kappa shape index (κ1) is 15.8. The molecule has 0 saturated heterocycles. The Bertz CT molecular complexity index is 709. The molecule has 0 saturated carbocycles. The van der Waals surface area contributed by atoms with Crippen LogP contribution in [-0.2, 0) is 16.6 Å². The summed E-state index contributed by atoms with van der Waals surface area (Å²) in [4.78, 5) is 3.21. The minimum absolute atomic E-state index is 0.299. The third kappa shape index (κ3) is 3.96. The molecule has 2 aromatic rings. The van der Waals surface area contributed by atoms with Gasteiger partial charge in [-0.1, -0.05) is 6.07 Å². The molecule has 0 spiro atoms. The zero-order valence-electron chi connectivity index (χ0n) is 12.3. The highest BCUT2D eigenvalue weighted by molar-refractivity contribution is 7.92. The van der Waals surface area contributed by atoms with Gasteiger partial charge in [-0.15, -0.1) is 11.3 Å². The van der Waals surface area contributed by atoms with Crippen molar-refractivity contribution in [3.8, 4) is 0 Å². The van der Waals surface area contributed by atoms with E-state index in [-0.39, 0.29) is 0 Å². The van der Waals surface area contributed by atoms with Crippen LogP contribution in [0.15, 0.2) is 40.6 Å². The highest BCUT2D eigenvalue weighted by atomic mass is 32.2. The molecule has 0 atom stereocenters. The molecule has 21 heavy (non-hydrogen) atoms. The molecule has 114 valence electrons. The summed E-state index contributed by atoms with van der Waals surface area (Å²) in [5.41, 5.74) is 1.50. The summed E-state index contributed by atoms with van der Waals surface area (Å²) in [6.07, 6.45) is 0. The minimum Gasteiger partial charge on any atom is -0.378 e. The van der Waals surface area contributed by atoms with Crippen LogP contribution in [0.5, 0.6) is 0 Å². The molecule has 1 aromatic heterocycles. The highest BCUT2D eigenvalue weighted by Gasteiger charge is 2.16. The maximum absolute atomic E-state index is 12.4. The summed E-state index contributed by atoms with van der Waals surface area (Å²) in [5.74, 6) is 0. The van der Waals surface area contributed by atoms with Crippen LogP contribution >= 0.6 is 11.3 Å². The van der Waals surface area contributed by atoms with Crippen LogP contribution in [0.4, 0.5) is 11.4 Å². The Hall–Kier alpha value is -1.57. The van der Waals surface area contributed by atoms with Gasteiger partial charge in [0.15, 0.2) is 0 Å². The summed E-state index contributed by atoms with van der Waals surface area (Å²) < 4.78 is 27.3. The number of benzene rings is 1. The number of hydrogen-bond acceptors (Lipinski definition) is 5. The Labute approximate surface area is 129 Å². The SMILES string of the molecule is CNCc1cc(S(=O)(=O)Nc2cccc(N(C)C)c2)cs1. The van der Waals surface area contributed by atoms with Gasteiger partial charge in [-0.2, -0.15) is 0 Å². The van der Waals surface area contributed by atoms with Crippen molar-refractivity contribution in [3.05, 3.63) is 40.6 Å². The molecule has 0 bridgehead atoms. The Morgan fingerprint density at radius 2 is 2.00 bits per heavy atom. The van der Waals surface area contributed by atoms with Crippen molar-refractivity contribution >= 4 is 32.7 Å². The van der Waals surface area contributed by atoms with Crippen LogP contribution in [0.25, 0.3) is 0 Å². The standard InChI is InChI=1S/C14H19N3O2S2/c1-15-9-13-8-14(10-20-13)21(18,19)16-11-5-4-6-12(7-11)17(2)3/h4-8,10,15-16H,9H2,1-3H3. The Kier molecular flexibility index (Phi) is 4.87. The molecular formula is C14H19N3O2S2. The topological polar surface area (TPSA) is 61.4 Å². The number of anilines is 2. The summed E-state index contributed by atoms with van der Waals surface area (Å²) in [5, 5.41) is 4.67. The van der Waals surface area contributed by atoms with Gasteiger partial charge in [0.25, 0.3) is 10.0 Å². The van der Waals surface area contributed by atoms with Gasteiger partial charge in [-0.3, -0.25) is 4.72 Å². The van der Waals surface area contributed by atoms with Gasteiger partial charge in [0.05, 0.1) is 10.6 Å². The van der Waals surface area contributed by atoms with Gasteiger partial charge < -0.3 is 10.2 Å². The molecule has 0 fully saturated rings. The lowest BCUT2D eigenvalue weighted by Gasteiger charge is -2.14. The number of thiophene rings is 1. The average Bonchev–Trinajstić information content (AvgIpc) is 2.88. The lowest BCUT2D eigenvalue weighted by molar-refractivity contribution is 0.601. The number of nitrogens with one attached hydrogen (secondary N) is 2. The maximum atomic E-state index is 12.4. The van der Waals surface area contributed by atoms with Gasteiger partial charge in [0.1, 0.15) is 0 Å². The first-order chi connectivity index (χ1) is 9.92. The van der Waals surface area contributed by atoms with E-state index in [1.54, 1.807) is 23.6 Å². The molecule has 5 nitrogen and oxygen atoms in total. The molecular weight excluding hydrogens is 306 g/mol. The molecule has 7 heteroatoms. The van der Waals surface area contributed by atoms with E-state index in [9.17, 15) is 8.42 Å². The Balaban J connectivity index is 2.22. The fourth-order valence-electron chi connectivity index (χ4n) is 1.83. The molecule has 0 unspecified atom stereocenters. The molecule has 0 aliphatic rings. The fraction of sp³-hybridized carbons (Fsp3) is 0.286. The van der Waals surface area contributed by atoms with E-state index in [0.29, 0.717) is 17.1 Å². The lowest BCUT2D eigenvalue weighted by Crippen LogP contribution is -2.13. The van der Waals surface area contributed by atoms with Crippen molar-refractivity contribution in [2.24, 2.45) is 0 Å². The lowest BCUT2D eigenvalue weighted by atomic mass is 10.3. The van der Waals surface area contributed by atoms with E-state index in [1.807, 2.05) is 38.2 Å². The van der Waals surface area contributed by atoms with Crippen LogP contribution in [0.1, 0.15) is 4.88 Å². The molecule has 0 amide bonds. The first-order valence-corrected chi connectivity index (χ1v) is 8.81. The van der Waals surface area contributed by atoms with E-state index in [1.165, 1.54) is 11.3 Å². The predicted molar refractivity (Wildman–Crippen MR) is 88.7 cm³/mol. The molecule has 0 radical (unpaired) electrons. The maximum Gasteiger partial charge on any atom is 0.262 e. The summed E-state index contributed by atoms with van der Waals surface area (Å²) >= 11 is 1.43. The summed E-state index contributed by atoms with van der Waals surface area (Å²) in [6.45, 7) is 0.663. The zero-order valence-corrected chi connectivity index (χ0v) is 13.9. The second kappa shape index (κ2) is 6.46. The molecule has 1 heterocycles. The van der Waals surface area contributed by atoms with Crippen LogP contribution in [0, 0.1) is 0 Å². The third-order valence-electron chi connectivity index (χ3n) is 2.91. The van der Waals surface area contributed by atoms with Crippen molar-refractivity contribution in [2.75, 3.05) is 30.8 Å². The number of sulfonamides is 1. The molecule has 0 aliphatic carbocycles. The van der Waals surface area contributed by atoms with Gasteiger partial charge in [-0.05, 0) is 31.3 Å². The molecule has 2 N–H and O–H groups in total. The van der Waals surface area contributed by atoms with E-state index < -0.39 is 10.0 Å². The Morgan fingerprint density at radius 3 is 2.67 bits per heavy atom. The molecule has 0 aliphatic heterocycles. The normalized spacial score (nSPS) is 11.4. The quantitative estimate of drug-likeness (QED) is 0.856. The monoisotopic (exact) mass is 325 g/mol. The van der Waals surface area contributed by atoms with Gasteiger partial charge >= 0.3 is 0 Å². The van der Waals surface area contributed by atoms with E-state index in [0.717, 1.165) is 10.6 Å². The van der Waals surface area contributed by atoms with Gasteiger partial charge in [0.2, 0.25) is 0 Å². The van der Waals surface area contributed by atoms with Crippen LogP contribution in [-0.4, -0.2) is 29.6 Å². The van der Waals surface area contributed by atoms with Crippen molar-refractivity contribution in [3.63, 3.8) is 0 Å². The third-order valence-corrected chi connectivity index (χ3v) is 5.35. The van der Waals surface area contributed by atoms with Crippen molar-refractivity contribution in [1.29, 1.82) is 0 Å². The highest BCUT2D eigenvalue weighted by Crippen LogP contribution is 2.24. The second-order valence-electron chi connectivity index (χ2n) is 4.83. The van der Waals surface area contributed by atoms with Crippen molar-refractivity contribution in [2.45, 2.75) is 11.4 Å². The summed E-state index contributed by atoms with van der Waals surface area (Å²) in [6, 6.07) is 8.99. The molecule has 1 aromatic carbocycles. The van der Waals surface area contributed by atoms with E-state index in [2.05, 4.69) is 10.0 Å². The predicted octanol–water partition coefficient (Wildman–Crippen LogP) is 2.33. The van der Waals surface area contributed by atoms with Gasteiger partial charge in [0, 0.05) is 36.6 Å². The van der Waals surface area contributed by atoms with Gasteiger partial charge in [-0.25, -0.2) is 8.42 Å². The van der Waals surface area contributed by atoms with E-state index in [4.69, 9.17) is 0 Å². The zero-order chi connectivity index (χ0) is 15.5. The number of hydrogen-bond donors (Lipinski definition) is 2. The van der Waals surface area contributed by atoms with Crippen LogP contribution in [0.2, 0.25) is 0 Å². The fourth-order valence-corrected chi connectivity index (χ4v) is 4.17. The smallest absolute Gasteiger partial charge is 0.262 e.